The number of likely N-dealkylation sites (N-methyl/N-ethyl adjacent to an activating group) is 1. The first-order valence-corrected chi connectivity index (χ1v) is 13.4. The molecule has 0 unspecified atom stereocenters. The molecule has 1 aliphatic carbocycles. The van der Waals surface area contributed by atoms with Crippen molar-refractivity contribution in [1.29, 1.82) is 0 Å². The van der Waals surface area contributed by atoms with Crippen molar-refractivity contribution in [2.75, 3.05) is 12.4 Å². The fraction of sp³-hybridized carbons (Fsp3) is 0.387. The summed E-state index contributed by atoms with van der Waals surface area (Å²) in [6.45, 7) is 0. The van der Waals surface area contributed by atoms with Crippen LogP contribution in [0.25, 0.3) is 10.8 Å². The first-order valence-electron chi connectivity index (χ1n) is 13.4. The van der Waals surface area contributed by atoms with Crippen LogP contribution in [0.5, 0.6) is 0 Å². The summed E-state index contributed by atoms with van der Waals surface area (Å²) < 4.78 is 0. The third kappa shape index (κ3) is 5.68. The van der Waals surface area contributed by atoms with Gasteiger partial charge in [0.05, 0.1) is 0 Å². The second-order valence-electron chi connectivity index (χ2n) is 10.8. The van der Waals surface area contributed by atoms with Crippen LogP contribution in [0.1, 0.15) is 50.5 Å². The molecule has 1 fully saturated rings. The molecule has 2 amide bonds. The highest BCUT2D eigenvalue weighted by Gasteiger charge is 2.47. The van der Waals surface area contributed by atoms with Crippen molar-refractivity contribution < 1.29 is 9.59 Å². The molecule has 3 aromatic rings. The summed E-state index contributed by atoms with van der Waals surface area (Å²) in [5.74, 6) is 1.01. The maximum Gasteiger partial charge on any atom is 0.257 e. The SMILES string of the molecule is CN1C(=O)[C@@](CCc2ccccc2)(C[C@H]2CCC[C@@H](CC(=O)Nc3ccc4ccccc4c3)C2)N=C1N. The van der Waals surface area contributed by atoms with E-state index in [4.69, 9.17) is 10.7 Å². The number of hydrogen-bond acceptors (Lipinski definition) is 4. The average Bonchev–Trinajstić information content (AvgIpc) is 3.11. The maximum atomic E-state index is 13.4. The Morgan fingerprint density at radius 3 is 2.51 bits per heavy atom. The number of hydrogen-bond donors (Lipinski definition) is 2. The highest BCUT2D eigenvalue weighted by atomic mass is 16.2. The van der Waals surface area contributed by atoms with Crippen LogP contribution in [0, 0.1) is 11.8 Å². The van der Waals surface area contributed by atoms with Crippen LogP contribution < -0.4 is 11.1 Å². The van der Waals surface area contributed by atoms with Crippen molar-refractivity contribution in [3.05, 3.63) is 78.4 Å². The van der Waals surface area contributed by atoms with Gasteiger partial charge in [-0.25, -0.2) is 4.99 Å². The van der Waals surface area contributed by atoms with Gasteiger partial charge in [0.2, 0.25) is 5.91 Å². The number of nitrogens with zero attached hydrogens (tertiary/aromatic N) is 2. The Morgan fingerprint density at radius 2 is 1.76 bits per heavy atom. The number of nitrogens with one attached hydrogen (secondary N) is 1. The number of guanidine groups is 1. The standard InChI is InChI=1S/C31H36N4O2/c1-35-29(37)31(34-30(35)32,17-16-22-8-3-2-4-9-22)21-24-11-7-10-23(18-24)19-28(36)33-27-15-14-25-12-5-6-13-26(25)20-27/h2-6,8-9,12-15,20,23-24H,7,10-11,16-19,21H2,1H3,(H2,32,34)(H,33,36)/t23-,24+,31-/m1/s1. The second kappa shape index (κ2) is 10.8. The molecule has 0 radical (unpaired) electrons. The molecular formula is C31H36N4O2. The summed E-state index contributed by atoms with van der Waals surface area (Å²) in [6.07, 6.45) is 6.71. The molecule has 3 N–H and O–H groups in total. The second-order valence-corrected chi connectivity index (χ2v) is 10.8. The van der Waals surface area contributed by atoms with E-state index in [0.29, 0.717) is 37.1 Å². The lowest BCUT2D eigenvalue weighted by Gasteiger charge is -2.34. The van der Waals surface area contributed by atoms with Crippen LogP contribution >= 0.6 is 0 Å². The van der Waals surface area contributed by atoms with E-state index in [1.807, 2.05) is 48.5 Å². The summed E-state index contributed by atoms with van der Waals surface area (Å²) in [5, 5.41) is 5.37. The van der Waals surface area contributed by atoms with Crippen LogP contribution in [-0.2, 0) is 16.0 Å². The largest absolute Gasteiger partial charge is 0.369 e. The third-order valence-electron chi connectivity index (χ3n) is 8.07. The minimum atomic E-state index is -0.811. The molecule has 3 atom stereocenters. The third-order valence-corrected chi connectivity index (χ3v) is 8.07. The van der Waals surface area contributed by atoms with Crippen molar-refractivity contribution in [3.8, 4) is 0 Å². The highest BCUT2D eigenvalue weighted by molar-refractivity contribution is 6.06. The smallest absolute Gasteiger partial charge is 0.257 e. The molecular weight excluding hydrogens is 460 g/mol. The van der Waals surface area contributed by atoms with E-state index < -0.39 is 5.54 Å². The summed E-state index contributed by atoms with van der Waals surface area (Å²) in [6, 6.07) is 24.4. The Kier molecular flexibility index (Phi) is 7.26. The van der Waals surface area contributed by atoms with Gasteiger partial charge in [0, 0.05) is 19.2 Å². The number of amides is 2. The topological polar surface area (TPSA) is 87.8 Å². The molecule has 2 aliphatic rings. The highest BCUT2D eigenvalue weighted by Crippen LogP contribution is 2.40. The lowest BCUT2D eigenvalue weighted by atomic mass is 9.73. The van der Waals surface area contributed by atoms with Gasteiger partial charge in [-0.3, -0.25) is 14.5 Å². The minimum absolute atomic E-state index is 0.00268. The summed E-state index contributed by atoms with van der Waals surface area (Å²) in [7, 11) is 1.71. The molecule has 1 heterocycles. The van der Waals surface area contributed by atoms with E-state index in [-0.39, 0.29) is 11.8 Å². The molecule has 3 aromatic carbocycles. The number of nitrogens with two attached hydrogens (primary N) is 1. The van der Waals surface area contributed by atoms with E-state index in [1.165, 1.54) is 10.5 Å². The fourth-order valence-corrected chi connectivity index (χ4v) is 6.14. The van der Waals surface area contributed by atoms with Gasteiger partial charge < -0.3 is 11.1 Å². The van der Waals surface area contributed by atoms with Gasteiger partial charge >= 0.3 is 0 Å². The predicted octanol–water partition coefficient (Wildman–Crippen LogP) is 5.52. The molecule has 37 heavy (non-hydrogen) atoms. The Hall–Kier alpha value is -3.67. The summed E-state index contributed by atoms with van der Waals surface area (Å²) >= 11 is 0. The van der Waals surface area contributed by atoms with E-state index in [9.17, 15) is 9.59 Å². The summed E-state index contributed by atoms with van der Waals surface area (Å²) in [4.78, 5) is 32.5. The lowest BCUT2D eigenvalue weighted by Crippen LogP contribution is -2.44. The zero-order chi connectivity index (χ0) is 25.8. The Morgan fingerprint density at radius 1 is 1.03 bits per heavy atom. The molecule has 0 spiro atoms. The minimum Gasteiger partial charge on any atom is -0.369 e. The van der Waals surface area contributed by atoms with Gasteiger partial charge in [0.15, 0.2) is 5.96 Å². The number of rotatable bonds is 8. The molecule has 6 nitrogen and oxygen atoms in total. The van der Waals surface area contributed by atoms with Gasteiger partial charge in [-0.2, -0.15) is 0 Å². The fourth-order valence-electron chi connectivity index (χ4n) is 6.14. The van der Waals surface area contributed by atoms with Crippen LogP contribution in [0.2, 0.25) is 0 Å². The summed E-state index contributed by atoms with van der Waals surface area (Å²) in [5.41, 5.74) is 7.34. The quantitative estimate of drug-likeness (QED) is 0.430. The molecule has 6 heteroatoms. The molecule has 5 rings (SSSR count). The normalized spacial score (nSPS) is 23.8. The van der Waals surface area contributed by atoms with Crippen molar-refractivity contribution in [2.45, 2.75) is 56.9 Å². The van der Waals surface area contributed by atoms with E-state index in [0.717, 1.165) is 48.6 Å². The monoisotopic (exact) mass is 496 g/mol. The Bertz CT molecular complexity index is 1300. The number of fused-ring (bicyclic) bond motifs is 1. The van der Waals surface area contributed by atoms with Crippen LogP contribution in [0.3, 0.4) is 0 Å². The van der Waals surface area contributed by atoms with Crippen LogP contribution in [0.15, 0.2) is 77.8 Å². The van der Waals surface area contributed by atoms with Crippen LogP contribution in [-0.4, -0.2) is 35.3 Å². The maximum absolute atomic E-state index is 13.4. The van der Waals surface area contributed by atoms with Crippen molar-refractivity contribution in [2.24, 2.45) is 22.6 Å². The molecule has 1 saturated carbocycles. The van der Waals surface area contributed by atoms with Crippen molar-refractivity contribution in [3.63, 3.8) is 0 Å². The number of carbonyl (C=O) groups excluding carboxylic acids is 2. The molecule has 0 saturated heterocycles. The number of aryl methyl sites for hydroxylation is 1. The van der Waals surface area contributed by atoms with Crippen molar-refractivity contribution >= 4 is 34.2 Å². The van der Waals surface area contributed by atoms with Gasteiger partial charge in [-0.1, -0.05) is 73.5 Å². The first-order chi connectivity index (χ1) is 17.9. The van der Waals surface area contributed by atoms with E-state index >= 15 is 0 Å². The molecule has 192 valence electrons. The number of carbonyl (C=O) groups is 2. The van der Waals surface area contributed by atoms with Gasteiger partial charge in [0.1, 0.15) is 5.54 Å². The molecule has 0 bridgehead atoms. The Labute approximate surface area is 219 Å². The number of benzene rings is 3. The molecule has 0 aromatic heterocycles. The zero-order valence-electron chi connectivity index (χ0n) is 21.5. The van der Waals surface area contributed by atoms with Crippen LogP contribution in [0.4, 0.5) is 5.69 Å². The molecule has 1 aliphatic heterocycles. The zero-order valence-corrected chi connectivity index (χ0v) is 21.5. The number of anilines is 1. The van der Waals surface area contributed by atoms with E-state index in [2.05, 4.69) is 29.6 Å². The Balaban J connectivity index is 1.22. The van der Waals surface area contributed by atoms with Crippen molar-refractivity contribution in [1.82, 2.24) is 4.90 Å². The predicted molar refractivity (Wildman–Crippen MR) is 149 cm³/mol. The average molecular weight is 497 g/mol. The lowest BCUT2D eigenvalue weighted by molar-refractivity contribution is -0.131. The van der Waals surface area contributed by atoms with Gasteiger partial charge in [-0.05, 0) is 72.4 Å². The number of aliphatic imine (C=N–C) groups is 1. The first kappa shape index (κ1) is 25.0. The van der Waals surface area contributed by atoms with Gasteiger partial charge in [-0.15, -0.1) is 0 Å². The van der Waals surface area contributed by atoms with E-state index in [1.54, 1.807) is 7.05 Å². The van der Waals surface area contributed by atoms with Gasteiger partial charge in [0.25, 0.3) is 5.91 Å².